The summed E-state index contributed by atoms with van der Waals surface area (Å²) in [5, 5.41) is 0. The first-order valence-electron chi connectivity index (χ1n) is 12.5. The van der Waals surface area contributed by atoms with Gasteiger partial charge in [-0.1, -0.05) is 72.8 Å². The van der Waals surface area contributed by atoms with Crippen molar-refractivity contribution in [3.63, 3.8) is 0 Å². The summed E-state index contributed by atoms with van der Waals surface area (Å²) in [6, 6.07) is 25.6. The Hall–Kier alpha value is -4.60. The zero-order valence-electron chi connectivity index (χ0n) is 21.1. The number of aromatic nitrogens is 2. The number of nitrogens with zero attached hydrogens (tertiary/aromatic N) is 2. The van der Waals surface area contributed by atoms with Crippen LogP contribution in [0.5, 0.6) is 0 Å². The minimum absolute atomic E-state index is 0.0594. The van der Waals surface area contributed by atoms with Gasteiger partial charge in [0.05, 0.1) is 30.9 Å². The van der Waals surface area contributed by atoms with Crippen molar-refractivity contribution in [1.82, 2.24) is 14.5 Å². The lowest BCUT2D eigenvalue weighted by Gasteiger charge is -2.23. The van der Waals surface area contributed by atoms with Gasteiger partial charge < -0.3 is 9.47 Å². The zero-order valence-corrected chi connectivity index (χ0v) is 21.1. The number of aromatic amines is 1. The first-order chi connectivity index (χ1) is 19.0. The van der Waals surface area contributed by atoms with Gasteiger partial charge in [-0.2, -0.15) is 0 Å². The highest BCUT2D eigenvalue weighted by molar-refractivity contribution is 6.21. The van der Waals surface area contributed by atoms with Gasteiger partial charge in [-0.05, 0) is 23.3 Å². The number of imide groups is 1. The Labute approximate surface area is 224 Å². The zero-order chi connectivity index (χ0) is 27.2. The molecule has 3 aromatic carbocycles. The summed E-state index contributed by atoms with van der Waals surface area (Å²) in [4.78, 5) is 54.3. The molecule has 5 rings (SSSR count). The van der Waals surface area contributed by atoms with Crippen molar-refractivity contribution < 1.29 is 19.1 Å². The number of benzene rings is 3. The van der Waals surface area contributed by atoms with Gasteiger partial charge in [-0.25, -0.2) is 4.79 Å². The summed E-state index contributed by atoms with van der Waals surface area (Å²) in [6.45, 7) is 0.107. The maximum absolute atomic E-state index is 12.9. The van der Waals surface area contributed by atoms with Crippen molar-refractivity contribution in [2.75, 3.05) is 13.2 Å². The van der Waals surface area contributed by atoms with Crippen LogP contribution in [0.4, 0.5) is 0 Å². The molecule has 0 saturated heterocycles. The second-order valence-corrected chi connectivity index (χ2v) is 9.23. The van der Waals surface area contributed by atoms with Crippen molar-refractivity contribution in [1.29, 1.82) is 0 Å². The largest absolute Gasteiger partial charge is 0.374 e. The molecular formula is C30H27N3O6. The van der Waals surface area contributed by atoms with Crippen molar-refractivity contribution in [2.45, 2.75) is 25.9 Å². The van der Waals surface area contributed by atoms with Gasteiger partial charge in [0, 0.05) is 18.2 Å². The van der Waals surface area contributed by atoms with Gasteiger partial charge in [0.25, 0.3) is 17.4 Å². The Morgan fingerprint density at radius 1 is 0.744 bits per heavy atom. The van der Waals surface area contributed by atoms with Gasteiger partial charge in [-0.3, -0.25) is 28.8 Å². The summed E-state index contributed by atoms with van der Waals surface area (Å²) in [7, 11) is 0. The fourth-order valence-corrected chi connectivity index (χ4v) is 4.42. The molecule has 9 heteroatoms. The summed E-state index contributed by atoms with van der Waals surface area (Å²) in [6.07, 6.45) is 1.08. The molecule has 1 aromatic heterocycles. The number of nitrogens with one attached hydrogen (secondary N) is 1. The van der Waals surface area contributed by atoms with Crippen LogP contribution >= 0.6 is 0 Å². The summed E-state index contributed by atoms with van der Waals surface area (Å²) >= 11 is 0. The molecular weight excluding hydrogens is 498 g/mol. The highest BCUT2D eigenvalue weighted by atomic mass is 16.5. The first-order valence-corrected chi connectivity index (χ1v) is 12.5. The van der Waals surface area contributed by atoms with Gasteiger partial charge >= 0.3 is 5.69 Å². The van der Waals surface area contributed by atoms with Crippen LogP contribution in [0.1, 0.15) is 37.4 Å². The molecule has 1 aliphatic heterocycles. The lowest BCUT2D eigenvalue weighted by Crippen LogP contribution is -2.41. The number of fused-ring (bicyclic) bond motifs is 1. The fraction of sp³-hybridized carbons (Fsp3) is 0.200. The lowest BCUT2D eigenvalue weighted by molar-refractivity contribution is -0.0573. The molecule has 0 spiro atoms. The molecule has 0 aliphatic carbocycles. The van der Waals surface area contributed by atoms with E-state index in [1.54, 1.807) is 24.3 Å². The van der Waals surface area contributed by atoms with Gasteiger partial charge in [0.1, 0.15) is 12.8 Å². The average molecular weight is 526 g/mol. The molecule has 2 heterocycles. The van der Waals surface area contributed by atoms with Crippen LogP contribution in [0.25, 0.3) is 0 Å². The van der Waals surface area contributed by atoms with Gasteiger partial charge in [0.15, 0.2) is 0 Å². The number of hydrogen-bond acceptors (Lipinski definition) is 6. The number of hydrogen-bond donors (Lipinski definition) is 1. The normalized spacial score (nSPS) is 13.5. The average Bonchev–Trinajstić information content (AvgIpc) is 3.19. The van der Waals surface area contributed by atoms with E-state index in [9.17, 15) is 19.2 Å². The predicted molar refractivity (Wildman–Crippen MR) is 143 cm³/mol. The van der Waals surface area contributed by atoms with E-state index in [0.717, 1.165) is 16.0 Å². The molecule has 39 heavy (non-hydrogen) atoms. The maximum atomic E-state index is 12.9. The van der Waals surface area contributed by atoms with Crippen LogP contribution in [0.2, 0.25) is 0 Å². The highest BCUT2D eigenvalue weighted by Crippen LogP contribution is 2.23. The van der Waals surface area contributed by atoms with Gasteiger partial charge in [-0.15, -0.1) is 0 Å². The molecule has 1 N–H and O–H groups in total. The number of amides is 2. The molecule has 1 aliphatic rings. The number of rotatable bonds is 11. The van der Waals surface area contributed by atoms with E-state index >= 15 is 0 Å². The number of H-pyrrole nitrogens is 1. The van der Waals surface area contributed by atoms with Crippen LogP contribution in [-0.4, -0.2) is 45.5 Å². The molecule has 1 unspecified atom stereocenters. The third kappa shape index (κ3) is 6.11. The first kappa shape index (κ1) is 26.0. The summed E-state index contributed by atoms with van der Waals surface area (Å²) in [5.41, 5.74) is 1.88. The number of carbonyl (C=O) groups is 2. The smallest absolute Gasteiger partial charge is 0.330 e. The third-order valence-electron chi connectivity index (χ3n) is 6.45. The van der Waals surface area contributed by atoms with E-state index in [4.69, 9.17) is 9.47 Å². The fourth-order valence-electron chi connectivity index (χ4n) is 4.42. The minimum atomic E-state index is -0.729. The van der Waals surface area contributed by atoms with E-state index in [1.165, 1.54) is 10.8 Å². The summed E-state index contributed by atoms with van der Waals surface area (Å²) < 4.78 is 13.1. The van der Waals surface area contributed by atoms with Crippen LogP contribution < -0.4 is 11.2 Å². The molecule has 9 nitrogen and oxygen atoms in total. The quantitative estimate of drug-likeness (QED) is 0.302. The van der Waals surface area contributed by atoms with Crippen molar-refractivity contribution in [3.05, 3.63) is 140 Å². The molecule has 1 atom stereocenters. The van der Waals surface area contributed by atoms with Crippen molar-refractivity contribution in [2.24, 2.45) is 0 Å². The molecule has 0 fully saturated rings. The second kappa shape index (κ2) is 11.8. The Kier molecular flexibility index (Phi) is 7.91. The van der Waals surface area contributed by atoms with Crippen LogP contribution in [0.15, 0.2) is 101 Å². The SMILES string of the molecule is O=C1c2ccccc2C(=O)N1CC(COCc1ccccc1)OCn1cc(Cc2ccccc2)c(=O)[nH]c1=O. The molecule has 4 aromatic rings. The topological polar surface area (TPSA) is 111 Å². The van der Waals surface area contributed by atoms with E-state index in [1.807, 2.05) is 60.7 Å². The Morgan fingerprint density at radius 3 is 1.97 bits per heavy atom. The number of ether oxygens (including phenoxy) is 2. The van der Waals surface area contributed by atoms with E-state index in [2.05, 4.69) is 4.98 Å². The summed E-state index contributed by atoms with van der Waals surface area (Å²) in [5.74, 6) is -0.808. The van der Waals surface area contributed by atoms with Crippen LogP contribution in [0.3, 0.4) is 0 Å². The number of carbonyl (C=O) groups excluding carboxylic acids is 2. The van der Waals surface area contributed by atoms with Crippen LogP contribution in [0, 0.1) is 0 Å². The van der Waals surface area contributed by atoms with E-state index < -0.39 is 29.2 Å². The van der Waals surface area contributed by atoms with Gasteiger partial charge in [0.2, 0.25) is 0 Å². The van der Waals surface area contributed by atoms with Crippen molar-refractivity contribution in [3.8, 4) is 0 Å². The molecule has 0 bridgehead atoms. The van der Waals surface area contributed by atoms with Crippen LogP contribution in [-0.2, 0) is 29.2 Å². The monoisotopic (exact) mass is 525 g/mol. The Bertz CT molecular complexity index is 1540. The molecule has 198 valence electrons. The lowest BCUT2D eigenvalue weighted by atomic mass is 10.1. The third-order valence-corrected chi connectivity index (χ3v) is 6.45. The Morgan fingerprint density at radius 2 is 1.33 bits per heavy atom. The van der Waals surface area contributed by atoms with E-state index in [-0.39, 0.29) is 19.9 Å². The molecule has 0 saturated carbocycles. The van der Waals surface area contributed by atoms with Crippen molar-refractivity contribution >= 4 is 11.8 Å². The second-order valence-electron chi connectivity index (χ2n) is 9.23. The predicted octanol–water partition coefficient (Wildman–Crippen LogP) is 2.98. The molecule has 0 radical (unpaired) electrons. The Balaban J connectivity index is 1.32. The standard InChI is InChI=1S/C30H27N3O6/c34-27-23(15-21-9-3-1-4-10-21)16-32(30(37)31-27)20-39-24(19-38-18-22-11-5-2-6-12-22)17-33-28(35)25-13-7-8-14-26(25)29(33)36/h1-14,16,24H,15,17-20H2,(H,31,34,37). The maximum Gasteiger partial charge on any atom is 0.330 e. The van der Waals surface area contributed by atoms with E-state index in [0.29, 0.717) is 29.7 Å². The minimum Gasteiger partial charge on any atom is -0.374 e. The molecule has 2 amide bonds. The highest BCUT2D eigenvalue weighted by Gasteiger charge is 2.36.